The molecule has 1 unspecified atom stereocenters. The van der Waals surface area contributed by atoms with Gasteiger partial charge in [-0.3, -0.25) is 14.4 Å². The second kappa shape index (κ2) is 71.8. The summed E-state index contributed by atoms with van der Waals surface area (Å²) < 4.78 is 17.0. The summed E-state index contributed by atoms with van der Waals surface area (Å²) in [7, 11) is 0. The lowest BCUT2D eigenvalue weighted by Crippen LogP contribution is -2.30. The molecule has 0 aliphatic heterocycles. The van der Waals surface area contributed by atoms with Crippen molar-refractivity contribution in [1.29, 1.82) is 0 Å². The molecule has 6 heteroatoms. The number of hydrogen-bond donors (Lipinski definition) is 0. The molecule has 83 heavy (non-hydrogen) atoms. The van der Waals surface area contributed by atoms with Gasteiger partial charge in [-0.1, -0.05) is 352 Å². The number of allylic oxidation sites excluding steroid dienone is 8. The van der Waals surface area contributed by atoms with Crippen molar-refractivity contribution in [2.24, 2.45) is 0 Å². The molecule has 0 amide bonds. The highest BCUT2D eigenvalue weighted by molar-refractivity contribution is 5.71. The first-order chi connectivity index (χ1) is 41.0. The lowest BCUT2D eigenvalue weighted by atomic mass is 10.0. The largest absolute Gasteiger partial charge is 0.462 e. The molecule has 0 saturated heterocycles. The number of hydrogen-bond acceptors (Lipinski definition) is 6. The Morgan fingerprint density at radius 1 is 0.241 bits per heavy atom. The van der Waals surface area contributed by atoms with Crippen LogP contribution in [0.15, 0.2) is 48.6 Å². The molecule has 0 aliphatic rings. The van der Waals surface area contributed by atoms with Crippen LogP contribution in [0.25, 0.3) is 0 Å². The molecule has 0 aromatic carbocycles. The van der Waals surface area contributed by atoms with Gasteiger partial charge in [-0.25, -0.2) is 0 Å². The van der Waals surface area contributed by atoms with Crippen LogP contribution in [0.1, 0.15) is 406 Å². The highest BCUT2D eigenvalue weighted by Gasteiger charge is 2.19. The molecule has 0 N–H and O–H groups in total. The van der Waals surface area contributed by atoms with E-state index < -0.39 is 6.10 Å². The van der Waals surface area contributed by atoms with E-state index in [9.17, 15) is 14.4 Å². The zero-order valence-corrected chi connectivity index (χ0v) is 56.0. The van der Waals surface area contributed by atoms with Gasteiger partial charge in [0.25, 0.3) is 0 Å². The maximum atomic E-state index is 13.0. The third kappa shape index (κ3) is 70.0. The molecule has 0 saturated carbocycles. The van der Waals surface area contributed by atoms with Crippen LogP contribution in [0.5, 0.6) is 0 Å². The summed E-state index contributed by atoms with van der Waals surface area (Å²) in [6.45, 7) is 6.70. The lowest BCUT2D eigenvalue weighted by Gasteiger charge is -2.18. The molecule has 6 nitrogen and oxygen atoms in total. The highest BCUT2D eigenvalue weighted by atomic mass is 16.6. The van der Waals surface area contributed by atoms with Gasteiger partial charge < -0.3 is 14.2 Å². The van der Waals surface area contributed by atoms with Crippen LogP contribution in [-0.4, -0.2) is 37.2 Å². The molecule has 486 valence electrons. The van der Waals surface area contributed by atoms with E-state index in [4.69, 9.17) is 14.2 Å². The minimum Gasteiger partial charge on any atom is -0.462 e. The van der Waals surface area contributed by atoms with E-state index >= 15 is 0 Å². The van der Waals surface area contributed by atoms with Gasteiger partial charge in [0.1, 0.15) is 13.2 Å². The van der Waals surface area contributed by atoms with Gasteiger partial charge in [0, 0.05) is 19.3 Å². The average molecular weight is 1160 g/mol. The van der Waals surface area contributed by atoms with Crippen molar-refractivity contribution in [1.82, 2.24) is 0 Å². The topological polar surface area (TPSA) is 78.9 Å². The first-order valence-electron chi connectivity index (χ1n) is 37.1. The molecule has 0 radical (unpaired) electrons. The number of carbonyl (C=O) groups is 3. The normalized spacial score (nSPS) is 12.3. The van der Waals surface area contributed by atoms with Crippen molar-refractivity contribution in [3.63, 3.8) is 0 Å². The Bertz CT molecular complexity index is 1430. The van der Waals surface area contributed by atoms with Crippen LogP contribution in [0.4, 0.5) is 0 Å². The van der Waals surface area contributed by atoms with Crippen molar-refractivity contribution >= 4 is 17.9 Å². The van der Waals surface area contributed by atoms with E-state index in [0.29, 0.717) is 19.3 Å². The van der Waals surface area contributed by atoms with Gasteiger partial charge in [0.2, 0.25) is 0 Å². The van der Waals surface area contributed by atoms with E-state index in [1.165, 1.54) is 289 Å². The van der Waals surface area contributed by atoms with Gasteiger partial charge >= 0.3 is 17.9 Å². The number of unbranched alkanes of at least 4 members (excludes halogenated alkanes) is 50. The van der Waals surface area contributed by atoms with Crippen LogP contribution in [0.2, 0.25) is 0 Å². The maximum absolute atomic E-state index is 13.0. The molecule has 0 fully saturated rings. The zero-order chi connectivity index (χ0) is 59.9. The van der Waals surface area contributed by atoms with Crippen molar-refractivity contribution in [2.75, 3.05) is 13.2 Å². The van der Waals surface area contributed by atoms with Crippen LogP contribution < -0.4 is 0 Å². The van der Waals surface area contributed by atoms with Crippen LogP contribution in [0, 0.1) is 0 Å². The first-order valence-corrected chi connectivity index (χ1v) is 37.1. The van der Waals surface area contributed by atoms with Crippen molar-refractivity contribution in [2.45, 2.75) is 412 Å². The molecule has 0 spiro atoms. The van der Waals surface area contributed by atoms with Crippen molar-refractivity contribution in [3.8, 4) is 0 Å². The van der Waals surface area contributed by atoms with Gasteiger partial charge in [-0.05, 0) is 83.5 Å². The van der Waals surface area contributed by atoms with Gasteiger partial charge in [-0.2, -0.15) is 0 Å². The second-order valence-electron chi connectivity index (χ2n) is 25.2. The summed E-state index contributed by atoms with van der Waals surface area (Å²) in [5.41, 5.74) is 0. The highest BCUT2D eigenvalue weighted by Crippen LogP contribution is 2.18. The Balaban J connectivity index is 4.34. The molecule has 0 aromatic heterocycles. The predicted octanol–water partition coefficient (Wildman–Crippen LogP) is 25.7. The van der Waals surface area contributed by atoms with Gasteiger partial charge in [-0.15, -0.1) is 0 Å². The Kier molecular flexibility index (Phi) is 69.6. The van der Waals surface area contributed by atoms with Crippen molar-refractivity contribution in [3.05, 3.63) is 48.6 Å². The fraction of sp³-hybridized carbons (Fsp3) is 0.857. The molecule has 0 bridgehead atoms. The quantitative estimate of drug-likeness (QED) is 0.0261. The fourth-order valence-electron chi connectivity index (χ4n) is 11.2. The number of rotatable bonds is 69. The standard InChI is InChI=1S/C77H142O6/c1-4-7-10-13-16-19-22-25-28-31-34-37-38-41-43-46-49-52-55-58-61-64-67-70-76(79)82-73-74(83-77(80)71-68-65-62-59-56-53-50-47-44-40-36-33-30-27-24-21-18-15-12-9-6-3)72-81-75(78)69-66-63-60-57-54-51-48-45-42-39-35-32-29-26-23-20-17-14-11-8-5-2/h24,27,31,33-34,36,44,47,74H,4-23,25-26,28-30,32,35,37-43,45-46,48-73H2,1-3H3/b27-24-,34-31-,36-33-,47-44-. The SMILES string of the molecule is CCCCCCC/C=C\C/C=C\C/C=C\CCCCCCCCC(=O)OC(COC(=O)CCCCCCCCCCCCC/C=C\CCCCCCCCCC)COC(=O)CCCCCCCCCCCCCCCCCCCCCCC. The van der Waals surface area contributed by atoms with E-state index in [0.717, 1.165) is 77.0 Å². The minimum absolute atomic E-state index is 0.0741. The lowest BCUT2D eigenvalue weighted by molar-refractivity contribution is -0.167. The summed E-state index contributed by atoms with van der Waals surface area (Å²) in [4.78, 5) is 38.6. The first kappa shape index (κ1) is 80.4. The van der Waals surface area contributed by atoms with Gasteiger partial charge in [0.15, 0.2) is 6.10 Å². The molecule has 1 atom stereocenters. The van der Waals surface area contributed by atoms with E-state index in [1.54, 1.807) is 0 Å². The fourth-order valence-corrected chi connectivity index (χ4v) is 11.2. The Morgan fingerprint density at radius 3 is 0.687 bits per heavy atom. The summed E-state index contributed by atoms with van der Waals surface area (Å²) in [6, 6.07) is 0. The maximum Gasteiger partial charge on any atom is 0.306 e. The van der Waals surface area contributed by atoms with Crippen LogP contribution in [0.3, 0.4) is 0 Å². The third-order valence-corrected chi connectivity index (χ3v) is 16.8. The predicted molar refractivity (Wildman–Crippen MR) is 362 cm³/mol. The summed E-state index contributed by atoms with van der Waals surface area (Å²) in [5.74, 6) is -0.857. The van der Waals surface area contributed by atoms with Gasteiger partial charge in [0.05, 0.1) is 0 Å². The Morgan fingerprint density at radius 2 is 0.434 bits per heavy atom. The molecular formula is C77H142O6. The number of carbonyl (C=O) groups excluding carboxylic acids is 3. The smallest absolute Gasteiger partial charge is 0.306 e. The zero-order valence-electron chi connectivity index (χ0n) is 56.0. The third-order valence-electron chi connectivity index (χ3n) is 16.8. The van der Waals surface area contributed by atoms with E-state index in [1.807, 2.05) is 0 Å². The average Bonchev–Trinajstić information content (AvgIpc) is 3.49. The van der Waals surface area contributed by atoms with E-state index in [-0.39, 0.29) is 31.1 Å². The summed E-state index contributed by atoms with van der Waals surface area (Å²) in [5, 5.41) is 0. The summed E-state index contributed by atoms with van der Waals surface area (Å²) in [6.07, 6.45) is 91.4. The monoisotopic (exact) mass is 1160 g/mol. The van der Waals surface area contributed by atoms with Crippen LogP contribution >= 0.6 is 0 Å². The van der Waals surface area contributed by atoms with Crippen molar-refractivity contribution < 1.29 is 28.6 Å². The van der Waals surface area contributed by atoms with E-state index in [2.05, 4.69) is 69.4 Å². The molecule has 0 aliphatic carbocycles. The molecule has 0 rings (SSSR count). The summed E-state index contributed by atoms with van der Waals surface area (Å²) >= 11 is 0. The number of esters is 3. The second-order valence-corrected chi connectivity index (χ2v) is 25.2. The molecule has 0 heterocycles. The number of ether oxygens (including phenoxy) is 3. The Hall–Kier alpha value is -2.63. The molecular weight excluding hydrogens is 1020 g/mol. The Labute approximate surface area is 518 Å². The molecule has 0 aromatic rings. The van der Waals surface area contributed by atoms with Crippen LogP contribution in [-0.2, 0) is 28.6 Å². The minimum atomic E-state index is -0.781.